The molecule has 0 bridgehead atoms. The SMILES string of the molecule is OC1CCC(CNc2cc(C(F)(F)F)nc3cc(Br)nn23)(c2ccccc2)CC1. The number of rotatable bonds is 4. The molecule has 2 aromatic heterocycles. The molecule has 0 radical (unpaired) electrons. The molecule has 1 saturated carbocycles. The lowest BCUT2D eigenvalue weighted by atomic mass is 9.68. The molecule has 1 aliphatic carbocycles. The van der Waals surface area contributed by atoms with Crippen molar-refractivity contribution in [3.63, 3.8) is 0 Å². The van der Waals surface area contributed by atoms with E-state index in [1.165, 1.54) is 10.6 Å². The molecule has 4 rings (SSSR count). The molecule has 2 heterocycles. The minimum atomic E-state index is -4.55. The van der Waals surface area contributed by atoms with Gasteiger partial charge < -0.3 is 10.4 Å². The molecule has 0 atom stereocenters. The number of halogens is 4. The number of nitrogens with one attached hydrogen (secondary N) is 1. The van der Waals surface area contributed by atoms with Crippen molar-refractivity contribution in [2.45, 2.75) is 43.4 Å². The van der Waals surface area contributed by atoms with Crippen molar-refractivity contribution in [2.75, 3.05) is 11.9 Å². The number of hydrogen-bond acceptors (Lipinski definition) is 4. The van der Waals surface area contributed by atoms with Crippen molar-refractivity contribution in [2.24, 2.45) is 0 Å². The first-order valence-corrected chi connectivity index (χ1v) is 10.2. The highest BCUT2D eigenvalue weighted by molar-refractivity contribution is 9.10. The summed E-state index contributed by atoms with van der Waals surface area (Å²) in [4.78, 5) is 3.68. The molecule has 2 N–H and O–H groups in total. The maximum absolute atomic E-state index is 13.3. The van der Waals surface area contributed by atoms with Crippen molar-refractivity contribution >= 4 is 27.4 Å². The van der Waals surface area contributed by atoms with Gasteiger partial charge in [0.15, 0.2) is 11.3 Å². The summed E-state index contributed by atoms with van der Waals surface area (Å²) in [5.74, 6) is 0.231. The van der Waals surface area contributed by atoms with Gasteiger partial charge in [0.2, 0.25) is 0 Å². The average Bonchev–Trinajstić information content (AvgIpc) is 3.08. The predicted molar refractivity (Wildman–Crippen MR) is 107 cm³/mol. The fourth-order valence-electron chi connectivity index (χ4n) is 3.99. The Kier molecular flexibility index (Phi) is 5.29. The molecule has 0 unspecified atom stereocenters. The van der Waals surface area contributed by atoms with Gasteiger partial charge in [-0.25, -0.2) is 4.98 Å². The molecule has 0 saturated heterocycles. The normalized spacial score (nSPS) is 22.7. The highest BCUT2D eigenvalue weighted by atomic mass is 79.9. The van der Waals surface area contributed by atoms with Gasteiger partial charge in [-0.2, -0.15) is 22.8 Å². The van der Waals surface area contributed by atoms with E-state index in [-0.39, 0.29) is 23.0 Å². The number of fused-ring (bicyclic) bond motifs is 1. The van der Waals surface area contributed by atoms with E-state index in [1.54, 1.807) is 0 Å². The monoisotopic (exact) mass is 468 g/mol. The molecule has 1 fully saturated rings. The van der Waals surface area contributed by atoms with Crippen LogP contribution in [0, 0.1) is 0 Å². The fourth-order valence-corrected chi connectivity index (χ4v) is 4.36. The largest absolute Gasteiger partial charge is 0.433 e. The summed E-state index contributed by atoms with van der Waals surface area (Å²) < 4.78 is 41.7. The first-order chi connectivity index (χ1) is 13.8. The second-order valence-corrected chi connectivity index (χ2v) is 8.31. The number of aliphatic hydroxyl groups is 1. The summed E-state index contributed by atoms with van der Waals surface area (Å²) in [5, 5.41) is 17.4. The Morgan fingerprint density at radius 3 is 2.52 bits per heavy atom. The second kappa shape index (κ2) is 7.60. The Balaban J connectivity index is 1.70. The number of benzene rings is 1. The van der Waals surface area contributed by atoms with Crippen LogP contribution in [0.5, 0.6) is 0 Å². The van der Waals surface area contributed by atoms with Gasteiger partial charge in [0.05, 0.1) is 6.10 Å². The van der Waals surface area contributed by atoms with Crippen molar-refractivity contribution < 1.29 is 18.3 Å². The number of aliphatic hydroxyl groups excluding tert-OH is 1. The van der Waals surface area contributed by atoms with Gasteiger partial charge in [-0.3, -0.25) is 0 Å². The van der Waals surface area contributed by atoms with Crippen LogP contribution in [0.1, 0.15) is 36.9 Å². The van der Waals surface area contributed by atoms with E-state index in [0.29, 0.717) is 24.0 Å². The van der Waals surface area contributed by atoms with Gasteiger partial charge in [0, 0.05) is 24.1 Å². The first kappa shape index (κ1) is 20.2. The number of aromatic nitrogens is 3. The average molecular weight is 469 g/mol. The van der Waals surface area contributed by atoms with E-state index in [2.05, 4.69) is 31.3 Å². The number of nitrogens with zero attached hydrogens (tertiary/aromatic N) is 3. The first-order valence-electron chi connectivity index (χ1n) is 9.38. The molecule has 29 heavy (non-hydrogen) atoms. The van der Waals surface area contributed by atoms with Gasteiger partial charge in [-0.15, -0.1) is 0 Å². The van der Waals surface area contributed by atoms with Gasteiger partial charge >= 0.3 is 6.18 Å². The molecular weight excluding hydrogens is 449 g/mol. The van der Waals surface area contributed by atoms with Crippen LogP contribution in [0.15, 0.2) is 47.1 Å². The minimum absolute atomic E-state index is 0.113. The van der Waals surface area contributed by atoms with Gasteiger partial charge in [0.25, 0.3) is 0 Å². The minimum Gasteiger partial charge on any atom is -0.393 e. The second-order valence-electron chi connectivity index (χ2n) is 7.49. The number of anilines is 1. The van der Waals surface area contributed by atoms with Crippen molar-refractivity contribution in [3.05, 3.63) is 58.3 Å². The van der Waals surface area contributed by atoms with Gasteiger partial charge in [-0.1, -0.05) is 30.3 Å². The van der Waals surface area contributed by atoms with Crippen LogP contribution in [0.2, 0.25) is 0 Å². The lowest BCUT2D eigenvalue weighted by Gasteiger charge is -2.40. The third-order valence-corrected chi connectivity index (χ3v) is 5.98. The van der Waals surface area contributed by atoms with E-state index in [4.69, 9.17) is 0 Å². The molecule has 1 aliphatic rings. The molecule has 0 spiro atoms. The van der Waals surface area contributed by atoms with Crippen LogP contribution in [0.25, 0.3) is 5.65 Å². The zero-order valence-corrected chi connectivity index (χ0v) is 17.0. The molecule has 9 heteroatoms. The Bertz CT molecular complexity index is 998. The van der Waals surface area contributed by atoms with E-state index in [0.717, 1.165) is 24.5 Å². The van der Waals surface area contributed by atoms with Crippen LogP contribution in [0.3, 0.4) is 0 Å². The highest BCUT2D eigenvalue weighted by Crippen LogP contribution is 2.40. The molecule has 1 aromatic carbocycles. The lowest BCUT2D eigenvalue weighted by Crippen LogP contribution is -2.40. The van der Waals surface area contributed by atoms with Crippen LogP contribution < -0.4 is 5.32 Å². The van der Waals surface area contributed by atoms with E-state index >= 15 is 0 Å². The summed E-state index contributed by atoms with van der Waals surface area (Å²) in [6.07, 6.45) is -2.09. The van der Waals surface area contributed by atoms with Crippen molar-refractivity contribution in [1.29, 1.82) is 0 Å². The Labute approximate surface area is 174 Å². The molecule has 3 aromatic rings. The van der Waals surface area contributed by atoms with Crippen LogP contribution in [-0.4, -0.2) is 32.4 Å². The third kappa shape index (κ3) is 4.11. The molecule has 154 valence electrons. The maximum atomic E-state index is 13.3. The Hall–Kier alpha value is -2.13. The van der Waals surface area contributed by atoms with Crippen molar-refractivity contribution in [1.82, 2.24) is 14.6 Å². The summed E-state index contributed by atoms with van der Waals surface area (Å²) in [5.41, 5.74) is -0.0177. The van der Waals surface area contributed by atoms with Crippen LogP contribution in [-0.2, 0) is 11.6 Å². The Morgan fingerprint density at radius 2 is 1.86 bits per heavy atom. The fraction of sp³-hybridized carbons (Fsp3) is 0.400. The van der Waals surface area contributed by atoms with Crippen LogP contribution >= 0.6 is 15.9 Å². The lowest BCUT2D eigenvalue weighted by molar-refractivity contribution is -0.141. The highest BCUT2D eigenvalue weighted by Gasteiger charge is 2.37. The molecule has 0 aliphatic heterocycles. The van der Waals surface area contributed by atoms with E-state index < -0.39 is 11.9 Å². The number of hydrogen-bond donors (Lipinski definition) is 2. The quantitative estimate of drug-likeness (QED) is 0.577. The summed E-state index contributed by atoms with van der Waals surface area (Å²) >= 11 is 3.21. The van der Waals surface area contributed by atoms with Crippen LogP contribution in [0.4, 0.5) is 19.0 Å². The van der Waals surface area contributed by atoms with Gasteiger partial charge in [-0.05, 0) is 47.2 Å². The maximum Gasteiger partial charge on any atom is 0.433 e. The van der Waals surface area contributed by atoms with Crippen molar-refractivity contribution in [3.8, 4) is 0 Å². The van der Waals surface area contributed by atoms with Gasteiger partial charge in [0.1, 0.15) is 10.4 Å². The third-order valence-electron chi connectivity index (χ3n) is 5.59. The smallest absolute Gasteiger partial charge is 0.393 e. The number of alkyl halides is 3. The zero-order valence-electron chi connectivity index (χ0n) is 15.5. The molecule has 0 amide bonds. The van der Waals surface area contributed by atoms with E-state index in [1.807, 2.05) is 30.3 Å². The molecular formula is C20H20BrF3N4O. The predicted octanol–water partition coefficient (Wildman–Crippen LogP) is 4.80. The summed E-state index contributed by atoms with van der Waals surface area (Å²) in [6.45, 7) is 0.428. The molecule has 5 nitrogen and oxygen atoms in total. The topological polar surface area (TPSA) is 62.5 Å². The summed E-state index contributed by atoms with van der Waals surface area (Å²) in [6, 6.07) is 12.4. The summed E-state index contributed by atoms with van der Waals surface area (Å²) in [7, 11) is 0. The van der Waals surface area contributed by atoms with E-state index in [9.17, 15) is 18.3 Å². The zero-order chi connectivity index (χ0) is 20.6. The Morgan fingerprint density at radius 1 is 1.17 bits per heavy atom. The standard InChI is InChI=1S/C20H20BrF3N4O/c21-16-11-18-26-15(20(22,23)24)10-17(28(18)27-16)25-12-19(8-6-14(29)7-9-19)13-4-2-1-3-5-13/h1-5,10-11,14,25,29H,6-9,12H2.